The third-order valence-electron chi connectivity index (χ3n) is 4.69. The number of alkyl halides is 9. The van der Waals surface area contributed by atoms with Crippen LogP contribution in [-0.4, -0.2) is 57.0 Å². The van der Waals surface area contributed by atoms with Gasteiger partial charge in [-0.05, 0) is 27.0 Å². The minimum absolute atomic E-state index is 0.476. The Kier molecular flexibility index (Phi) is 3.80. The number of hydrogen-bond donors (Lipinski definition) is 1. The Morgan fingerprint density at radius 2 is 1.32 bits per heavy atom. The number of hydrogen-bond acceptors (Lipinski definition) is 5. The van der Waals surface area contributed by atoms with E-state index >= 15 is 0 Å². The van der Waals surface area contributed by atoms with Gasteiger partial charge in [0, 0.05) is 5.54 Å². The number of nitrogens with zero attached hydrogens (tertiary/aromatic N) is 4. The third-order valence-corrected chi connectivity index (χ3v) is 4.69. The van der Waals surface area contributed by atoms with Gasteiger partial charge in [-0.3, -0.25) is 10.6 Å². The van der Waals surface area contributed by atoms with Gasteiger partial charge in [0.05, 0.1) is 5.92 Å². The highest BCUT2D eigenvalue weighted by atomic mass is 19.4. The number of amidine groups is 2. The monoisotopic (exact) mass is 423 g/mol. The van der Waals surface area contributed by atoms with Gasteiger partial charge < -0.3 is 4.90 Å². The summed E-state index contributed by atoms with van der Waals surface area (Å²) in [6, 6.07) is 0. The molecule has 2 atom stereocenters. The van der Waals surface area contributed by atoms with Crippen LogP contribution in [0.3, 0.4) is 0 Å². The van der Waals surface area contributed by atoms with Gasteiger partial charge in [-0.25, -0.2) is 9.98 Å². The summed E-state index contributed by atoms with van der Waals surface area (Å²) in [5.41, 5.74) is 0.672. The van der Waals surface area contributed by atoms with Crippen LogP contribution in [-0.2, 0) is 0 Å². The lowest BCUT2D eigenvalue weighted by atomic mass is 9.81. The molecule has 2 N–H and O–H groups in total. The molecule has 4 heterocycles. The van der Waals surface area contributed by atoms with Crippen molar-refractivity contribution in [1.29, 1.82) is 0 Å². The van der Waals surface area contributed by atoms with Crippen molar-refractivity contribution in [3.8, 4) is 0 Å². The molecular weight excluding hydrogens is 409 g/mol. The molecule has 28 heavy (non-hydrogen) atoms. The van der Waals surface area contributed by atoms with E-state index in [1.807, 2.05) is 0 Å². The van der Waals surface area contributed by atoms with Crippen LogP contribution in [0.2, 0.25) is 0 Å². The SMILES string of the molecule is CC(C)(C)N1C=C[C@H]2C3(C(F)(F)F)N=C(C(F)(F)F)N(C(C(F)(F)F)=N3)[C@]21N. The predicted octanol–water partition coefficient (Wildman–Crippen LogP) is 3.35. The average molecular weight is 423 g/mol. The van der Waals surface area contributed by atoms with Gasteiger partial charge in [0.2, 0.25) is 11.7 Å². The molecule has 0 fully saturated rings. The number of rotatable bonds is 0. The van der Waals surface area contributed by atoms with E-state index in [0.717, 1.165) is 17.2 Å². The lowest BCUT2D eigenvalue weighted by Crippen LogP contribution is -2.83. The highest BCUT2D eigenvalue weighted by molar-refractivity contribution is 6.09. The zero-order valence-electron chi connectivity index (χ0n) is 14.5. The lowest BCUT2D eigenvalue weighted by Gasteiger charge is -2.60. The quantitative estimate of drug-likeness (QED) is 0.608. The molecule has 0 saturated carbocycles. The second-order valence-corrected chi connectivity index (χ2v) is 7.57. The zero-order chi connectivity index (χ0) is 21.7. The number of aliphatic imine (C=N–C) groups is 2. The summed E-state index contributed by atoms with van der Waals surface area (Å²) in [6.07, 6.45) is -15.2. The van der Waals surface area contributed by atoms with Crippen molar-refractivity contribution in [1.82, 2.24) is 9.80 Å². The van der Waals surface area contributed by atoms with Crippen LogP contribution in [0, 0.1) is 5.92 Å². The molecule has 4 aliphatic rings. The van der Waals surface area contributed by atoms with Crippen molar-refractivity contribution in [3.63, 3.8) is 0 Å². The third kappa shape index (κ3) is 2.45. The Hall–Kier alpha value is -1.99. The Bertz CT molecular complexity index is 751. The molecule has 0 aromatic carbocycles. The fourth-order valence-electron chi connectivity index (χ4n) is 3.73. The van der Waals surface area contributed by atoms with Crippen LogP contribution in [0.25, 0.3) is 0 Å². The van der Waals surface area contributed by atoms with E-state index in [4.69, 9.17) is 5.73 Å². The molecule has 2 bridgehead atoms. The first kappa shape index (κ1) is 20.7. The molecule has 0 saturated heterocycles. The average Bonchev–Trinajstić information content (AvgIpc) is 2.83. The first-order valence-corrected chi connectivity index (χ1v) is 7.75. The Balaban J connectivity index is 2.42. The van der Waals surface area contributed by atoms with Gasteiger partial charge in [0.1, 0.15) is 0 Å². The maximum Gasteiger partial charge on any atom is 0.449 e. The maximum absolute atomic E-state index is 13.9. The maximum atomic E-state index is 13.9. The van der Waals surface area contributed by atoms with E-state index in [2.05, 4.69) is 9.98 Å². The van der Waals surface area contributed by atoms with E-state index in [-0.39, 0.29) is 0 Å². The van der Waals surface area contributed by atoms with E-state index in [1.165, 1.54) is 20.8 Å². The van der Waals surface area contributed by atoms with Crippen LogP contribution >= 0.6 is 0 Å². The lowest BCUT2D eigenvalue weighted by molar-refractivity contribution is -0.228. The Morgan fingerprint density at radius 1 is 0.893 bits per heavy atom. The molecule has 0 amide bonds. The van der Waals surface area contributed by atoms with E-state index in [1.54, 1.807) is 0 Å². The number of nitrogens with two attached hydrogens (primary N) is 1. The highest BCUT2D eigenvalue weighted by Gasteiger charge is 2.78. The Morgan fingerprint density at radius 3 is 1.64 bits per heavy atom. The van der Waals surface area contributed by atoms with Crippen LogP contribution in [0.1, 0.15) is 20.8 Å². The summed E-state index contributed by atoms with van der Waals surface area (Å²) in [5, 5.41) is 0. The normalized spacial score (nSPS) is 33.2. The van der Waals surface area contributed by atoms with E-state index in [9.17, 15) is 39.5 Å². The molecule has 0 radical (unpaired) electrons. The fourth-order valence-corrected chi connectivity index (χ4v) is 3.73. The smallest absolute Gasteiger partial charge is 0.338 e. The highest BCUT2D eigenvalue weighted by Crippen LogP contribution is 2.58. The standard InChI is InChI=1S/C14H14F9N5/c1-9(2,3)27-5-4-6-10(14(21,22)23)25-7(11(15,16)17)28(13(6,27)24)8(26-10)12(18,19)20/h4-6H,24H2,1-3H3/t6-,13-/m0/s1. The van der Waals surface area contributed by atoms with Gasteiger partial charge in [-0.15, -0.1) is 0 Å². The molecule has 0 unspecified atom stereocenters. The first-order valence-electron chi connectivity index (χ1n) is 7.75. The predicted molar refractivity (Wildman–Crippen MR) is 78.7 cm³/mol. The van der Waals surface area contributed by atoms with Crippen LogP contribution < -0.4 is 5.73 Å². The van der Waals surface area contributed by atoms with Gasteiger partial charge in [-0.2, -0.15) is 39.5 Å². The molecule has 0 aliphatic carbocycles. The minimum Gasteiger partial charge on any atom is -0.338 e. The topological polar surface area (TPSA) is 57.2 Å². The van der Waals surface area contributed by atoms with Crippen LogP contribution in [0.5, 0.6) is 0 Å². The zero-order valence-corrected chi connectivity index (χ0v) is 14.5. The Labute approximate surface area is 152 Å². The summed E-state index contributed by atoms with van der Waals surface area (Å²) < 4.78 is 123. The molecule has 14 heteroatoms. The molecule has 0 spiro atoms. The van der Waals surface area contributed by atoms with Crippen molar-refractivity contribution in [2.45, 2.75) is 56.3 Å². The van der Waals surface area contributed by atoms with Gasteiger partial charge >= 0.3 is 18.5 Å². The van der Waals surface area contributed by atoms with Crippen molar-refractivity contribution in [3.05, 3.63) is 12.3 Å². The molecule has 0 aromatic rings. The van der Waals surface area contributed by atoms with Crippen LogP contribution in [0.4, 0.5) is 39.5 Å². The summed E-state index contributed by atoms with van der Waals surface area (Å²) in [5.74, 6) is -9.82. The second kappa shape index (κ2) is 5.13. The number of halogens is 9. The van der Waals surface area contributed by atoms with Gasteiger partial charge in [0.25, 0.3) is 5.66 Å². The van der Waals surface area contributed by atoms with Gasteiger partial charge in [0.15, 0.2) is 5.79 Å². The molecule has 5 nitrogen and oxygen atoms in total. The fraction of sp³-hybridized carbons (Fsp3) is 0.714. The second-order valence-electron chi connectivity index (χ2n) is 7.57. The van der Waals surface area contributed by atoms with Gasteiger partial charge in [-0.1, -0.05) is 6.08 Å². The van der Waals surface area contributed by atoms with E-state index < -0.39 is 58.0 Å². The van der Waals surface area contributed by atoms with Crippen molar-refractivity contribution in [2.24, 2.45) is 21.6 Å². The van der Waals surface area contributed by atoms with Crippen molar-refractivity contribution >= 4 is 11.7 Å². The molecular formula is C14H14F9N5. The largest absolute Gasteiger partial charge is 0.449 e. The molecule has 158 valence electrons. The summed E-state index contributed by atoms with van der Waals surface area (Å²) in [4.78, 5) is 5.63. The summed E-state index contributed by atoms with van der Waals surface area (Å²) >= 11 is 0. The molecule has 4 aliphatic heterocycles. The first-order chi connectivity index (χ1) is 12.3. The minimum atomic E-state index is -5.68. The van der Waals surface area contributed by atoms with Crippen molar-refractivity contribution in [2.75, 3.05) is 0 Å². The summed E-state index contributed by atoms with van der Waals surface area (Å²) in [7, 11) is 0. The van der Waals surface area contributed by atoms with Crippen LogP contribution in [0.15, 0.2) is 22.3 Å². The van der Waals surface area contributed by atoms with E-state index in [0.29, 0.717) is 0 Å². The van der Waals surface area contributed by atoms with Crippen molar-refractivity contribution < 1.29 is 39.5 Å². The molecule has 0 aromatic heterocycles. The molecule has 4 rings (SSSR count). The summed E-state index contributed by atoms with van der Waals surface area (Å²) in [6.45, 7) is 4.15.